The second kappa shape index (κ2) is 5.92. The summed E-state index contributed by atoms with van der Waals surface area (Å²) in [6.45, 7) is 5.90. The summed E-state index contributed by atoms with van der Waals surface area (Å²) in [7, 11) is 0. The Hall–Kier alpha value is -2.08. The van der Waals surface area contributed by atoms with Crippen LogP contribution >= 0.6 is 0 Å². The number of nitrogens with zero attached hydrogens (tertiary/aromatic N) is 2. The highest BCUT2D eigenvalue weighted by molar-refractivity contribution is 5.75. The number of ether oxygens (including phenoxy) is 1. The van der Waals surface area contributed by atoms with Crippen LogP contribution in [0.1, 0.15) is 19.7 Å². The zero-order valence-electron chi connectivity index (χ0n) is 11.8. The van der Waals surface area contributed by atoms with Gasteiger partial charge in [0.1, 0.15) is 5.75 Å². The second-order valence-corrected chi connectivity index (χ2v) is 4.44. The van der Waals surface area contributed by atoms with Gasteiger partial charge in [-0.25, -0.2) is 13.9 Å². The quantitative estimate of drug-likeness (QED) is 0.769. The maximum atomic E-state index is 10.6. The van der Waals surface area contributed by atoms with Gasteiger partial charge in [-0.1, -0.05) is 0 Å². The summed E-state index contributed by atoms with van der Waals surface area (Å²) >= 11 is 0. The summed E-state index contributed by atoms with van der Waals surface area (Å²) < 4.78 is 9.54. The Morgan fingerprint density at radius 2 is 2.20 bits per heavy atom. The number of nitrogens with two attached hydrogens (primary N) is 1. The number of imidazole rings is 1. The van der Waals surface area contributed by atoms with Crippen LogP contribution < -0.4 is 15.0 Å². The Labute approximate surface area is 117 Å². The van der Waals surface area contributed by atoms with Gasteiger partial charge < -0.3 is 15.6 Å². The van der Waals surface area contributed by atoms with Gasteiger partial charge in [0.15, 0.2) is 17.6 Å². The van der Waals surface area contributed by atoms with Gasteiger partial charge in [0.25, 0.3) is 5.82 Å². The molecule has 0 amide bonds. The van der Waals surface area contributed by atoms with E-state index >= 15 is 0 Å². The van der Waals surface area contributed by atoms with Crippen LogP contribution in [0.2, 0.25) is 0 Å². The topological polar surface area (TPSA) is 81.4 Å². The van der Waals surface area contributed by atoms with Crippen molar-refractivity contribution in [3.63, 3.8) is 0 Å². The van der Waals surface area contributed by atoms with E-state index in [0.717, 1.165) is 29.9 Å². The Balaban J connectivity index is 2.53. The minimum absolute atomic E-state index is 0.337. The lowest BCUT2D eigenvalue weighted by Gasteiger charge is -2.02. The third kappa shape index (κ3) is 2.46. The summed E-state index contributed by atoms with van der Waals surface area (Å²) in [5.74, 6) is 0.626. The van der Waals surface area contributed by atoms with E-state index in [1.807, 2.05) is 12.1 Å². The molecule has 3 N–H and O–H groups in total. The lowest BCUT2D eigenvalue weighted by atomic mass is 10.3. The predicted octanol–water partition coefficient (Wildman–Crippen LogP) is 0.891. The molecule has 0 saturated heterocycles. The summed E-state index contributed by atoms with van der Waals surface area (Å²) in [4.78, 5) is 10.6. The third-order valence-corrected chi connectivity index (χ3v) is 3.33. The third-order valence-electron chi connectivity index (χ3n) is 3.33. The molecule has 0 saturated carbocycles. The van der Waals surface area contributed by atoms with E-state index in [-0.39, 0.29) is 6.61 Å². The standard InChI is InChI=1S/C14H19N3O3/c1-3-16-11-6-5-10(20-9-14(18)19)7-12(11)17(4-2)13(16)8-15/h5-7H,3-4,8-9,15H2,1-2H3/p+1. The average Bonchev–Trinajstić information content (AvgIpc) is 2.76. The van der Waals surface area contributed by atoms with Crippen LogP contribution in [0.5, 0.6) is 5.75 Å². The molecule has 0 fully saturated rings. The van der Waals surface area contributed by atoms with Crippen LogP contribution in [0.4, 0.5) is 0 Å². The van der Waals surface area contributed by atoms with Crippen LogP contribution in [-0.4, -0.2) is 22.2 Å². The van der Waals surface area contributed by atoms with Crippen molar-refractivity contribution in [1.82, 2.24) is 4.57 Å². The molecule has 1 aromatic carbocycles. The van der Waals surface area contributed by atoms with E-state index in [9.17, 15) is 4.79 Å². The largest absolute Gasteiger partial charge is 0.482 e. The molecule has 0 bridgehead atoms. The molecule has 0 spiro atoms. The molecule has 2 aromatic rings. The highest BCUT2D eigenvalue weighted by Gasteiger charge is 2.22. The first kappa shape index (κ1) is 14.3. The maximum Gasteiger partial charge on any atom is 0.341 e. The highest BCUT2D eigenvalue weighted by Crippen LogP contribution is 2.21. The summed E-state index contributed by atoms with van der Waals surface area (Å²) in [5.41, 5.74) is 7.95. The van der Waals surface area contributed by atoms with Gasteiger partial charge in [-0.15, -0.1) is 0 Å². The summed E-state index contributed by atoms with van der Waals surface area (Å²) in [6.07, 6.45) is 0. The first-order chi connectivity index (χ1) is 9.62. The van der Waals surface area contributed by atoms with Crippen molar-refractivity contribution in [2.24, 2.45) is 5.73 Å². The Morgan fingerprint density at radius 1 is 1.45 bits per heavy atom. The number of aromatic nitrogens is 2. The first-order valence-electron chi connectivity index (χ1n) is 6.72. The molecule has 108 valence electrons. The molecule has 1 aromatic heterocycles. The molecule has 0 unspecified atom stereocenters. The smallest absolute Gasteiger partial charge is 0.341 e. The minimum atomic E-state index is -0.984. The average molecular weight is 278 g/mol. The molecule has 0 aliphatic rings. The molecule has 0 aliphatic heterocycles. The lowest BCUT2D eigenvalue weighted by Crippen LogP contribution is -2.38. The fourth-order valence-electron chi connectivity index (χ4n) is 2.53. The van der Waals surface area contributed by atoms with Gasteiger partial charge >= 0.3 is 5.97 Å². The van der Waals surface area contributed by atoms with Crippen LogP contribution in [0.3, 0.4) is 0 Å². The maximum absolute atomic E-state index is 10.6. The van der Waals surface area contributed by atoms with Gasteiger partial charge in [-0.2, -0.15) is 0 Å². The molecule has 1 heterocycles. The summed E-state index contributed by atoms with van der Waals surface area (Å²) in [6, 6.07) is 5.60. The molecule has 6 nitrogen and oxygen atoms in total. The Morgan fingerprint density at radius 3 is 2.75 bits per heavy atom. The molecular weight excluding hydrogens is 258 g/mol. The van der Waals surface area contributed by atoms with E-state index < -0.39 is 5.97 Å². The van der Waals surface area contributed by atoms with Gasteiger partial charge in [0.05, 0.1) is 19.6 Å². The van der Waals surface area contributed by atoms with E-state index in [1.165, 1.54) is 0 Å². The van der Waals surface area contributed by atoms with Gasteiger partial charge in [-0.3, -0.25) is 0 Å². The number of aliphatic carboxylic acids is 1. The van der Waals surface area contributed by atoms with Gasteiger partial charge in [-0.05, 0) is 26.0 Å². The number of hydrogen-bond donors (Lipinski definition) is 2. The SMILES string of the molecule is CCn1c(CN)[n+](CC)c2ccc(OCC(=O)O)cc21. The van der Waals surface area contributed by atoms with Crippen molar-refractivity contribution in [2.75, 3.05) is 6.61 Å². The van der Waals surface area contributed by atoms with Crippen molar-refractivity contribution in [1.29, 1.82) is 0 Å². The number of hydrogen-bond acceptors (Lipinski definition) is 3. The van der Waals surface area contributed by atoms with Crippen molar-refractivity contribution in [2.45, 2.75) is 33.5 Å². The number of carboxylic acid groups (broad SMARTS) is 1. The number of carboxylic acids is 1. The zero-order chi connectivity index (χ0) is 14.7. The number of aryl methyl sites for hydroxylation is 2. The number of rotatable bonds is 6. The van der Waals surface area contributed by atoms with Crippen LogP contribution in [0.25, 0.3) is 11.0 Å². The van der Waals surface area contributed by atoms with Crippen molar-refractivity contribution in [3.8, 4) is 5.75 Å². The van der Waals surface area contributed by atoms with Gasteiger partial charge in [0.2, 0.25) is 0 Å². The molecule has 2 rings (SSSR count). The molecular formula is C14H20N3O3+. The zero-order valence-corrected chi connectivity index (χ0v) is 11.8. The molecule has 6 heteroatoms. The van der Waals surface area contributed by atoms with Crippen molar-refractivity contribution in [3.05, 3.63) is 24.0 Å². The normalized spacial score (nSPS) is 10.9. The van der Waals surface area contributed by atoms with E-state index in [2.05, 4.69) is 23.0 Å². The molecule has 20 heavy (non-hydrogen) atoms. The molecule has 0 radical (unpaired) electrons. The molecule has 0 aliphatic carbocycles. The van der Waals surface area contributed by atoms with E-state index in [1.54, 1.807) is 6.07 Å². The van der Waals surface area contributed by atoms with Crippen LogP contribution in [0, 0.1) is 0 Å². The molecule has 0 atom stereocenters. The fraction of sp³-hybridized carbons (Fsp3) is 0.429. The monoisotopic (exact) mass is 278 g/mol. The number of benzene rings is 1. The predicted molar refractivity (Wildman–Crippen MR) is 74.5 cm³/mol. The van der Waals surface area contributed by atoms with Crippen LogP contribution in [-0.2, 0) is 24.4 Å². The summed E-state index contributed by atoms with van der Waals surface area (Å²) in [5, 5.41) is 8.66. The van der Waals surface area contributed by atoms with E-state index in [0.29, 0.717) is 12.3 Å². The van der Waals surface area contributed by atoms with Crippen LogP contribution in [0.15, 0.2) is 18.2 Å². The van der Waals surface area contributed by atoms with Crippen molar-refractivity contribution >= 4 is 17.0 Å². The Bertz CT molecular complexity index is 634. The second-order valence-electron chi connectivity index (χ2n) is 4.44. The van der Waals surface area contributed by atoms with Crippen molar-refractivity contribution < 1.29 is 19.2 Å². The first-order valence-corrected chi connectivity index (χ1v) is 6.72. The minimum Gasteiger partial charge on any atom is -0.482 e. The van der Waals surface area contributed by atoms with E-state index in [4.69, 9.17) is 15.6 Å². The number of fused-ring (bicyclic) bond motifs is 1. The highest BCUT2D eigenvalue weighted by atomic mass is 16.5. The lowest BCUT2D eigenvalue weighted by molar-refractivity contribution is -0.676. The number of carbonyl (C=O) groups is 1. The van der Waals surface area contributed by atoms with Gasteiger partial charge in [0, 0.05) is 6.07 Å². The Kier molecular flexibility index (Phi) is 4.24. The fourth-order valence-corrected chi connectivity index (χ4v) is 2.53.